The Kier molecular flexibility index (Phi) is 1.97. The van der Waals surface area contributed by atoms with Gasteiger partial charge in [0.1, 0.15) is 0 Å². The summed E-state index contributed by atoms with van der Waals surface area (Å²) in [6.45, 7) is 2.01. The third-order valence-electron chi connectivity index (χ3n) is 1.57. The lowest BCUT2D eigenvalue weighted by atomic mass is 10.1. The Bertz CT molecular complexity index is 207. The highest BCUT2D eigenvalue weighted by Crippen LogP contribution is 2.20. The number of hydrogen-bond acceptors (Lipinski definition) is 3. The molecule has 0 aromatic carbocycles. The Balaban J connectivity index is 2.82. The second-order valence-electron chi connectivity index (χ2n) is 2.25. The molecule has 0 fully saturated rings. The van der Waals surface area contributed by atoms with Gasteiger partial charge in [-0.15, -0.1) is 0 Å². The molecule has 3 heteroatoms. The summed E-state index contributed by atoms with van der Waals surface area (Å²) in [4.78, 5) is 0. The first-order valence-corrected chi connectivity index (χ1v) is 3.34. The number of anilines is 1. The van der Waals surface area contributed by atoms with Crippen molar-refractivity contribution in [3.8, 4) is 0 Å². The standard InChI is InChI=1S/C7H12N2O/c1-2-6(8)5-3-4-10-7(5)9/h3-4,6H,2,8-9H2,1H3/t6-/m0/s1. The highest BCUT2D eigenvalue weighted by Gasteiger charge is 2.08. The van der Waals surface area contributed by atoms with Crippen LogP contribution in [-0.2, 0) is 0 Å². The van der Waals surface area contributed by atoms with Crippen LogP contribution < -0.4 is 11.5 Å². The van der Waals surface area contributed by atoms with Crippen LogP contribution in [0.25, 0.3) is 0 Å². The zero-order chi connectivity index (χ0) is 7.56. The molecule has 4 N–H and O–H groups in total. The third-order valence-corrected chi connectivity index (χ3v) is 1.57. The minimum atomic E-state index is 0.0127. The molecule has 0 amide bonds. The van der Waals surface area contributed by atoms with Gasteiger partial charge < -0.3 is 15.9 Å². The lowest BCUT2D eigenvalue weighted by molar-refractivity contribution is 0.579. The molecular weight excluding hydrogens is 128 g/mol. The molecule has 0 saturated carbocycles. The first-order chi connectivity index (χ1) is 4.75. The van der Waals surface area contributed by atoms with Crippen LogP contribution >= 0.6 is 0 Å². The van der Waals surface area contributed by atoms with Crippen molar-refractivity contribution in [1.29, 1.82) is 0 Å². The van der Waals surface area contributed by atoms with E-state index in [0.717, 1.165) is 12.0 Å². The van der Waals surface area contributed by atoms with E-state index in [1.807, 2.05) is 13.0 Å². The van der Waals surface area contributed by atoms with E-state index in [1.54, 1.807) is 6.26 Å². The van der Waals surface area contributed by atoms with Crippen molar-refractivity contribution < 1.29 is 4.42 Å². The molecule has 0 aliphatic rings. The SMILES string of the molecule is CC[C@H](N)c1ccoc1N. The average molecular weight is 140 g/mol. The van der Waals surface area contributed by atoms with Crippen LogP contribution in [-0.4, -0.2) is 0 Å². The third kappa shape index (κ3) is 1.14. The maximum Gasteiger partial charge on any atom is 0.194 e. The van der Waals surface area contributed by atoms with E-state index in [4.69, 9.17) is 15.9 Å². The normalized spacial score (nSPS) is 13.4. The summed E-state index contributed by atoms with van der Waals surface area (Å²) in [5.41, 5.74) is 12.1. The van der Waals surface area contributed by atoms with Crippen LogP contribution in [0.3, 0.4) is 0 Å². The summed E-state index contributed by atoms with van der Waals surface area (Å²) in [6, 6.07) is 1.82. The average Bonchev–Trinajstić information content (AvgIpc) is 2.34. The second-order valence-corrected chi connectivity index (χ2v) is 2.25. The van der Waals surface area contributed by atoms with Crippen LogP contribution in [0.4, 0.5) is 5.88 Å². The van der Waals surface area contributed by atoms with Crippen molar-refractivity contribution >= 4 is 5.88 Å². The van der Waals surface area contributed by atoms with E-state index in [2.05, 4.69) is 0 Å². The molecule has 0 bridgehead atoms. The van der Waals surface area contributed by atoms with Crippen molar-refractivity contribution in [3.05, 3.63) is 17.9 Å². The molecule has 1 aromatic heterocycles. The summed E-state index contributed by atoms with van der Waals surface area (Å²) < 4.78 is 4.89. The van der Waals surface area contributed by atoms with Gasteiger partial charge in [0.05, 0.1) is 6.26 Å². The molecule has 1 aromatic rings. The molecular formula is C7H12N2O. The number of rotatable bonds is 2. The lowest BCUT2D eigenvalue weighted by Crippen LogP contribution is -2.09. The zero-order valence-corrected chi connectivity index (χ0v) is 6.00. The van der Waals surface area contributed by atoms with Crippen LogP contribution in [0.2, 0.25) is 0 Å². The summed E-state index contributed by atoms with van der Waals surface area (Å²) in [6.07, 6.45) is 2.43. The van der Waals surface area contributed by atoms with Gasteiger partial charge in [0.15, 0.2) is 5.88 Å². The van der Waals surface area contributed by atoms with Gasteiger partial charge in [0.25, 0.3) is 0 Å². The summed E-state index contributed by atoms with van der Waals surface area (Å²) in [5, 5.41) is 0. The van der Waals surface area contributed by atoms with Gasteiger partial charge in [-0.25, -0.2) is 0 Å². The maximum atomic E-state index is 5.70. The fraction of sp³-hybridized carbons (Fsp3) is 0.429. The van der Waals surface area contributed by atoms with Crippen LogP contribution in [0.1, 0.15) is 24.9 Å². The zero-order valence-electron chi connectivity index (χ0n) is 6.00. The van der Waals surface area contributed by atoms with Crippen molar-refractivity contribution in [2.75, 3.05) is 5.73 Å². The predicted molar refractivity (Wildman–Crippen MR) is 40.3 cm³/mol. The number of nitrogen functional groups attached to an aromatic ring is 1. The summed E-state index contributed by atoms with van der Waals surface area (Å²) in [5.74, 6) is 0.439. The van der Waals surface area contributed by atoms with Crippen molar-refractivity contribution in [2.24, 2.45) is 5.73 Å². The topological polar surface area (TPSA) is 65.2 Å². The molecule has 0 radical (unpaired) electrons. The second kappa shape index (κ2) is 2.75. The molecule has 0 spiro atoms. The largest absolute Gasteiger partial charge is 0.449 e. The molecule has 0 aliphatic carbocycles. The van der Waals surface area contributed by atoms with Gasteiger partial charge in [-0.05, 0) is 12.5 Å². The first kappa shape index (κ1) is 7.15. The molecule has 0 unspecified atom stereocenters. The van der Waals surface area contributed by atoms with Gasteiger partial charge in [-0.1, -0.05) is 6.92 Å². The quantitative estimate of drug-likeness (QED) is 0.650. The molecule has 3 nitrogen and oxygen atoms in total. The number of furan rings is 1. The van der Waals surface area contributed by atoms with Crippen molar-refractivity contribution in [2.45, 2.75) is 19.4 Å². The van der Waals surface area contributed by atoms with E-state index in [9.17, 15) is 0 Å². The van der Waals surface area contributed by atoms with E-state index >= 15 is 0 Å². The van der Waals surface area contributed by atoms with Gasteiger partial charge in [0.2, 0.25) is 0 Å². The smallest absolute Gasteiger partial charge is 0.194 e. The van der Waals surface area contributed by atoms with E-state index in [-0.39, 0.29) is 6.04 Å². The molecule has 10 heavy (non-hydrogen) atoms. The van der Waals surface area contributed by atoms with Gasteiger partial charge in [-0.3, -0.25) is 0 Å². The highest BCUT2D eigenvalue weighted by molar-refractivity contribution is 5.37. The Morgan fingerprint density at radius 1 is 1.70 bits per heavy atom. The van der Waals surface area contributed by atoms with Gasteiger partial charge in [-0.2, -0.15) is 0 Å². The molecule has 1 heterocycles. The molecule has 0 saturated heterocycles. The molecule has 1 rings (SSSR count). The van der Waals surface area contributed by atoms with Crippen molar-refractivity contribution in [3.63, 3.8) is 0 Å². The van der Waals surface area contributed by atoms with E-state index < -0.39 is 0 Å². The number of nitrogens with two attached hydrogens (primary N) is 2. The molecule has 56 valence electrons. The van der Waals surface area contributed by atoms with Crippen LogP contribution in [0, 0.1) is 0 Å². The minimum absolute atomic E-state index is 0.0127. The molecule has 1 atom stereocenters. The maximum absolute atomic E-state index is 5.70. The van der Waals surface area contributed by atoms with Crippen LogP contribution in [0.15, 0.2) is 16.7 Å². The van der Waals surface area contributed by atoms with Gasteiger partial charge >= 0.3 is 0 Å². The minimum Gasteiger partial charge on any atom is -0.449 e. The Labute approximate surface area is 60.0 Å². The lowest BCUT2D eigenvalue weighted by Gasteiger charge is -2.04. The van der Waals surface area contributed by atoms with Gasteiger partial charge in [0, 0.05) is 11.6 Å². The molecule has 0 aliphatic heterocycles. The first-order valence-electron chi connectivity index (χ1n) is 3.34. The Hall–Kier alpha value is -0.960. The fourth-order valence-corrected chi connectivity index (χ4v) is 0.857. The highest BCUT2D eigenvalue weighted by atomic mass is 16.3. The Morgan fingerprint density at radius 3 is 2.80 bits per heavy atom. The number of hydrogen-bond donors (Lipinski definition) is 2. The van der Waals surface area contributed by atoms with Crippen LogP contribution in [0.5, 0.6) is 0 Å². The monoisotopic (exact) mass is 140 g/mol. The summed E-state index contributed by atoms with van der Waals surface area (Å²) in [7, 11) is 0. The summed E-state index contributed by atoms with van der Waals surface area (Å²) >= 11 is 0. The van der Waals surface area contributed by atoms with Crippen molar-refractivity contribution in [1.82, 2.24) is 0 Å². The Morgan fingerprint density at radius 2 is 2.40 bits per heavy atom. The van der Waals surface area contributed by atoms with E-state index in [0.29, 0.717) is 5.88 Å². The fourth-order valence-electron chi connectivity index (χ4n) is 0.857. The van der Waals surface area contributed by atoms with E-state index in [1.165, 1.54) is 0 Å². The predicted octanol–water partition coefficient (Wildman–Crippen LogP) is 1.27.